The molecule has 2 rings (SSSR count). The average Bonchev–Trinajstić information content (AvgIpc) is 2.31. The molecule has 0 spiro atoms. The van der Waals surface area contributed by atoms with Gasteiger partial charge in [-0.15, -0.1) is 11.6 Å². The molecule has 0 heterocycles. The maximum Gasteiger partial charge on any atom is 0.0626 e. The smallest absolute Gasteiger partial charge is 0.0626 e. The second-order valence-corrected chi connectivity index (χ2v) is 6.17. The van der Waals surface area contributed by atoms with Gasteiger partial charge in [0.2, 0.25) is 0 Å². The molecular weight excluding hydrogens is 331 g/mol. The lowest BCUT2D eigenvalue weighted by atomic mass is 10.0. The number of hydrogen-bond donors (Lipinski definition) is 0. The van der Waals surface area contributed by atoms with Crippen LogP contribution in [0.5, 0.6) is 0 Å². The van der Waals surface area contributed by atoms with E-state index in [1.807, 2.05) is 24.3 Å². The first kappa shape index (κ1) is 13.9. The maximum atomic E-state index is 6.48. The molecule has 0 radical (unpaired) electrons. The number of alkyl halides is 1. The lowest BCUT2D eigenvalue weighted by Crippen LogP contribution is -1.97. The topological polar surface area (TPSA) is 0 Å². The van der Waals surface area contributed by atoms with E-state index < -0.39 is 0 Å². The summed E-state index contributed by atoms with van der Waals surface area (Å²) >= 11 is 16.1. The normalized spacial score (nSPS) is 12.4. The van der Waals surface area contributed by atoms with Crippen LogP contribution in [0.3, 0.4) is 0 Å². The van der Waals surface area contributed by atoms with Crippen LogP contribution in [0.15, 0.2) is 46.9 Å². The lowest BCUT2D eigenvalue weighted by Gasteiger charge is -2.12. The van der Waals surface area contributed by atoms with E-state index in [2.05, 4.69) is 41.1 Å². The van der Waals surface area contributed by atoms with E-state index >= 15 is 0 Å². The molecule has 0 aliphatic rings. The van der Waals surface area contributed by atoms with E-state index in [9.17, 15) is 0 Å². The van der Waals surface area contributed by atoms with E-state index in [4.69, 9.17) is 23.2 Å². The second-order valence-electron chi connectivity index (χ2n) is 4.32. The summed E-state index contributed by atoms with van der Waals surface area (Å²) in [5, 5.41) is 0.705. The summed E-state index contributed by atoms with van der Waals surface area (Å²) in [5.41, 5.74) is 3.39. The minimum Gasteiger partial charge on any atom is -0.117 e. The van der Waals surface area contributed by atoms with Crippen molar-refractivity contribution in [3.8, 4) is 0 Å². The molecule has 0 amide bonds. The van der Waals surface area contributed by atoms with E-state index in [0.29, 0.717) is 0 Å². The Bertz CT molecular complexity index is 532. The Kier molecular flexibility index (Phi) is 4.71. The van der Waals surface area contributed by atoms with Crippen LogP contribution in [0.2, 0.25) is 5.02 Å². The monoisotopic (exact) mass is 342 g/mol. The maximum absolute atomic E-state index is 6.48. The summed E-state index contributed by atoms with van der Waals surface area (Å²) < 4.78 is 1.06. The van der Waals surface area contributed by atoms with Crippen molar-refractivity contribution in [1.29, 1.82) is 0 Å². The highest BCUT2D eigenvalue weighted by molar-refractivity contribution is 9.10. The minimum absolute atomic E-state index is 0.0684. The molecule has 1 atom stereocenters. The van der Waals surface area contributed by atoms with Crippen LogP contribution in [-0.2, 0) is 6.42 Å². The predicted molar refractivity (Wildman–Crippen MR) is 82.6 cm³/mol. The quantitative estimate of drug-likeness (QED) is 0.605. The average molecular weight is 344 g/mol. The summed E-state index contributed by atoms with van der Waals surface area (Å²) in [6.07, 6.45) is 0.733. The van der Waals surface area contributed by atoms with E-state index in [1.165, 1.54) is 5.56 Å². The molecule has 0 fully saturated rings. The van der Waals surface area contributed by atoms with E-state index in [0.717, 1.165) is 27.0 Å². The van der Waals surface area contributed by atoms with Crippen molar-refractivity contribution in [2.75, 3.05) is 0 Å². The largest absolute Gasteiger partial charge is 0.117 e. The van der Waals surface area contributed by atoms with Crippen molar-refractivity contribution >= 4 is 39.1 Å². The molecule has 0 bridgehead atoms. The highest BCUT2D eigenvalue weighted by Gasteiger charge is 2.11. The van der Waals surface area contributed by atoms with Gasteiger partial charge in [0.15, 0.2) is 0 Å². The highest BCUT2D eigenvalue weighted by atomic mass is 79.9. The first-order valence-electron chi connectivity index (χ1n) is 5.71. The Labute approximate surface area is 126 Å². The summed E-state index contributed by atoms with van der Waals surface area (Å²) in [5.74, 6) is 0. The zero-order chi connectivity index (χ0) is 13.1. The molecule has 0 saturated heterocycles. The summed E-state index contributed by atoms with van der Waals surface area (Å²) in [7, 11) is 0. The van der Waals surface area contributed by atoms with Crippen LogP contribution in [0.1, 0.15) is 22.1 Å². The SMILES string of the molecule is Cc1cc(Br)cc(C(Cl)Cc2ccccc2Cl)c1. The predicted octanol–water partition coefficient (Wildman–Crippen LogP) is 5.93. The van der Waals surface area contributed by atoms with Crippen LogP contribution in [0, 0.1) is 6.92 Å². The van der Waals surface area contributed by atoms with Gasteiger partial charge in [0.25, 0.3) is 0 Å². The number of aryl methyl sites for hydroxylation is 1. The number of rotatable bonds is 3. The molecular formula is C15H13BrCl2. The lowest BCUT2D eigenvalue weighted by molar-refractivity contribution is 0.917. The minimum atomic E-state index is -0.0684. The molecule has 2 aromatic carbocycles. The van der Waals surface area contributed by atoms with Crippen molar-refractivity contribution in [3.05, 3.63) is 68.7 Å². The Morgan fingerprint density at radius 3 is 2.56 bits per heavy atom. The summed E-state index contributed by atoms with van der Waals surface area (Å²) in [6, 6.07) is 14.1. The Morgan fingerprint density at radius 2 is 1.89 bits per heavy atom. The highest BCUT2D eigenvalue weighted by Crippen LogP contribution is 2.30. The molecule has 1 unspecified atom stereocenters. The fourth-order valence-electron chi connectivity index (χ4n) is 1.92. The van der Waals surface area contributed by atoms with E-state index in [1.54, 1.807) is 0 Å². The molecule has 94 valence electrons. The van der Waals surface area contributed by atoms with Gasteiger partial charge in [0.1, 0.15) is 0 Å². The van der Waals surface area contributed by atoms with Crippen LogP contribution >= 0.6 is 39.1 Å². The van der Waals surface area contributed by atoms with Gasteiger partial charge < -0.3 is 0 Å². The fraction of sp³-hybridized carbons (Fsp3) is 0.200. The van der Waals surface area contributed by atoms with Crippen molar-refractivity contribution in [2.45, 2.75) is 18.7 Å². The first-order chi connectivity index (χ1) is 8.56. The van der Waals surface area contributed by atoms with Crippen LogP contribution in [0.25, 0.3) is 0 Å². The van der Waals surface area contributed by atoms with Gasteiger partial charge >= 0.3 is 0 Å². The molecule has 3 heteroatoms. The van der Waals surface area contributed by atoms with Crippen molar-refractivity contribution < 1.29 is 0 Å². The first-order valence-corrected chi connectivity index (χ1v) is 7.31. The molecule has 0 N–H and O–H groups in total. The molecule has 0 aliphatic heterocycles. The Hall–Kier alpha value is -0.500. The molecule has 18 heavy (non-hydrogen) atoms. The molecule has 2 aromatic rings. The second kappa shape index (κ2) is 6.10. The van der Waals surface area contributed by atoms with Crippen molar-refractivity contribution in [2.24, 2.45) is 0 Å². The van der Waals surface area contributed by atoms with Gasteiger partial charge in [0, 0.05) is 9.50 Å². The van der Waals surface area contributed by atoms with Crippen LogP contribution in [0.4, 0.5) is 0 Å². The molecule has 0 saturated carbocycles. The number of halogens is 3. The third kappa shape index (κ3) is 3.50. The fourth-order valence-corrected chi connectivity index (χ4v) is 3.05. The molecule has 0 aliphatic carbocycles. The number of benzene rings is 2. The van der Waals surface area contributed by atoms with Crippen molar-refractivity contribution in [1.82, 2.24) is 0 Å². The van der Waals surface area contributed by atoms with Gasteiger partial charge in [-0.2, -0.15) is 0 Å². The Morgan fingerprint density at radius 1 is 1.17 bits per heavy atom. The van der Waals surface area contributed by atoms with Gasteiger partial charge in [-0.1, -0.05) is 51.8 Å². The number of hydrogen-bond acceptors (Lipinski definition) is 0. The standard InChI is InChI=1S/C15H13BrCl2/c1-10-6-12(8-13(16)7-10)15(18)9-11-4-2-3-5-14(11)17/h2-8,15H,9H2,1H3. The zero-order valence-electron chi connectivity index (χ0n) is 9.96. The van der Waals surface area contributed by atoms with Crippen molar-refractivity contribution in [3.63, 3.8) is 0 Å². The van der Waals surface area contributed by atoms with Gasteiger partial charge in [0.05, 0.1) is 5.38 Å². The summed E-state index contributed by atoms with van der Waals surface area (Å²) in [4.78, 5) is 0. The Balaban J connectivity index is 2.22. The van der Waals surface area contributed by atoms with E-state index in [-0.39, 0.29) is 5.38 Å². The van der Waals surface area contributed by atoms with Gasteiger partial charge in [-0.25, -0.2) is 0 Å². The van der Waals surface area contributed by atoms with Crippen LogP contribution in [-0.4, -0.2) is 0 Å². The van der Waals surface area contributed by atoms with Gasteiger partial charge in [-0.05, 0) is 48.2 Å². The van der Waals surface area contributed by atoms with Crippen LogP contribution < -0.4 is 0 Å². The molecule has 0 aromatic heterocycles. The third-order valence-electron chi connectivity index (χ3n) is 2.78. The summed E-state index contributed by atoms with van der Waals surface area (Å²) in [6.45, 7) is 2.06. The molecule has 0 nitrogen and oxygen atoms in total. The third-order valence-corrected chi connectivity index (χ3v) is 4.02. The zero-order valence-corrected chi connectivity index (χ0v) is 13.1. The van der Waals surface area contributed by atoms with Gasteiger partial charge in [-0.3, -0.25) is 0 Å².